The van der Waals surface area contributed by atoms with E-state index in [2.05, 4.69) is 15.5 Å². The van der Waals surface area contributed by atoms with Crippen LogP contribution in [-0.2, 0) is 4.79 Å². The van der Waals surface area contributed by atoms with Crippen molar-refractivity contribution >= 4 is 11.6 Å². The van der Waals surface area contributed by atoms with Gasteiger partial charge in [0, 0.05) is 12.1 Å². The first-order valence-corrected chi connectivity index (χ1v) is 6.16. The maximum Gasteiger partial charge on any atom is 0.227 e. The van der Waals surface area contributed by atoms with Gasteiger partial charge in [0.05, 0.1) is 11.9 Å². The molecular weight excluding hydrogens is 202 g/mol. The third-order valence-electron chi connectivity index (χ3n) is 3.24. The first kappa shape index (κ1) is 11.2. The number of hydrogen-bond donors (Lipinski definition) is 2. The van der Waals surface area contributed by atoms with Crippen LogP contribution in [0.2, 0.25) is 0 Å². The molecule has 1 aromatic heterocycles. The molecule has 16 heavy (non-hydrogen) atoms. The zero-order valence-corrected chi connectivity index (χ0v) is 9.54. The normalized spacial score (nSPS) is 18.8. The number of H-pyrrole nitrogens is 1. The summed E-state index contributed by atoms with van der Waals surface area (Å²) in [6.07, 6.45) is 11.7. The van der Waals surface area contributed by atoms with Crippen LogP contribution in [0.15, 0.2) is 12.4 Å². The van der Waals surface area contributed by atoms with Gasteiger partial charge >= 0.3 is 0 Å². The minimum absolute atomic E-state index is 0.156. The van der Waals surface area contributed by atoms with Crippen molar-refractivity contribution in [2.75, 3.05) is 5.32 Å². The van der Waals surface area contributed by atoms with E-state index >= 15 is 0 Å². The molecule has 0 saturated heterocycles. The summed E-state index contributed by atoms with van der Waals surface area (Å²) in [5.74, 6) is 0.346. The Morgan fingerprint density at radius 2 is 1.94 bits per heavy atom. The Bertz CT molecular complexity index is 313. The lowest BCUT2D eigenvalue weighted by molar-refractivity contribution is -0.120. The highest BCUT2D eigenvalue weighted by Gasteiger charge is 2.19. The third-order valence-corrected chi connectivity index (χ3v) is 3.24. The van der Waals surface area contributed by atoms with Gasteiger partial charge in [-0.15, -0.1) is 0 Å². The molecule has 1 aromatic rings. The molecule has 0 radical (unpaired) electrons. The second kappa shape index (κ2) is 5.68. The smallest absolute Gasteiger partial charge is 0.227 e. The van der Waals surface area contributed by atoms with E-state index < -0.39 is 0 Å². The van der Waals surface area contributed by atoms with E-state index in [4.69, 9.17) is 0 Å². The molecule has 1 saturated carbocycles. The summed E-state index contributed by atoms with van der Waals surface area (Å²) in [6.45, 7) is 0. The summed E-state index contributed by atoms with van der Waals surface area (Å²) in [4.78, 5) is 12.0. The molecule has 4 nitrogen and oxygen atoms in total. The van der Waals surface area contributed by atoms with Crippen molar-refractivity contribution in [3.05, 3.63) is 12.4 Å². The lowest BCUT2D eigenvalue weighted by Crippen LogP contribution is -2.23. The maximum atomic E-state index is 12.0. The maximum absolute atomic E-state index is 12.0. The summed E-state index contributed by atoms with van der Waals surface area (Å²) in [7, 11) is 0. The number of nitrogens with one attached hydrogen (secondary N) is 2. The second-order valence-electron chi connectivity index (χ2n) is 4.52. The van der Waals surface area contributed by atoms with Gasteiger partial charge in [-0.25, -0.2) is 0 Å². The number of hydrogen-bond acceptors (Lipinski definition) is 2. The molecule has 4 heteroatoms. The van der Waals surface area contributed by atoms with E-state index in [0.29, 0.717) is 0 Å². The first-order valence-electron chi connectivity index (χ1n) is 6.16. The lowest BCUT2D eigenvalue weighted by Gasteiger charge is -2.18. The zero-order valence-electron chi connectivity index (χ0n) is 9.54. The number of carbonyl (C=O) groups is 1. The molecule has 1 amide bonds. The molecule has 0 spiro atoms. The zero-order chi connectivity index (χ0) is 11.2. The van der Waals surface area contributed by atoms with Gasteiger partial charge in [-0.3, -0.25) is 9.89 Å². The quantitative estimate of drug-likeness (QED) is 0.806. The topological polar surface area (TPSA) is 57.8 Å². The van der Waals surface area contributed by atoms with Crippen molar-refractivity contribution in [2.45, 2.75) is 44.9 Å². The molecule has 0 bridgehead atoms. The van der Waals surface area contributed by atoms with E-state index in [1.807, 2.05) is 0 Å². The Hall–Kier alpha value is -1.32. The average Bonchev–Trinajstić information content (AvgIpc) is 2.69. The molecule has 2 rings (SSSR count). The summed E-state index contributed by atoms with van der Waals surface area (Å²) < 4.78 is 0. The van der Waals surface area contributed by atoms with Crippen molar-refractivity contribution in [1.29, 1.82) is 0 Å². The summed E-state index contributed by atoms with van der Waals surface area (Å²) in [5, 5.41) is 9.42. The van der Waals surface area contributed by atoms with Gasteiger partial charge in [0.2, 0.25) is 5.91 Å². The average molecular weight is 221 g/mol. The lowest BCUT2D eigenvalue weighted by atomic mass is 9.90. The van der Waals surface area contributed by atoms with E-state index in [0.717, 1.165) is 18.5 Å². The van der Waals surface area contributed by atoms with Gasteiger partial charge in [-0.05, 0) is 12.8 Å². The minimum atomic E-state index is 0.156. The van der Waals surface area contributed by atoms with Crippen LogP contribution >= 0.6 is 0 Å². The van der Waals surface area contributed by atoms with Crippen molar-refractivity contribution in [3.8, 4) is 0 Å². The molecule has 0 atom stereocenters. The van der Waals surface area contributed by atoms with Gasteiger partial charge in [0.1, 0.15) is 0 Å². The fraction of sp³-hybridized carbons (Fsp3) is 0.667. The van der Waals surface area contributed by atoms with Crippen LogP contribution in [0.1, 0.15) is 44.9 Å². The minimum Gasteiger partial charge on any atom is -0.323 e. The van der Waals surface area contributed by atoms with Crippen LogP contribution in [-0.4, -0.2) is 16.1 Å². The number of aromatic amines is 1. The molecule has 0 aliphatic heterocycles. The van der Waals surface area contributed by atoms with Crippen molar-refractivity contribution in [1.82, 2.24) is 10.2 Å². The molecule has 1 fully saturated rings. The van der Waals surface area contributed by atoms with Crippen LogP contribution in [0.25, 0.3) is 0 Å². The van der Waals surface area contributed by atoms with Crippen molar-refractivity contribution in [3.63, 3.8) is 0 Å². The summed E-state index contributed by atoms with van der Waals surface area (Å²) in [5.41, 5.74) is 0.770. The summed E-state index contributed by atoms with van der Waals surface area (Å²) in [6, 6.07) is 0. The van der Waals surface area contributed by atoms with Crippen molar-refractivity contribution in [2.24, 2.45) is 5.92 Å². The Morgan fingerprint density at radius 1 is 1.25 bits per heavy atom. The van der Waals surface area contributed by atoms with E-state index in [1.165, 1.54) is 32.1 Å². The van der Waals surface area contributed by atoms with Crippen LogP contribution in [0.3, 0.4) is 0 Å². The van der Waals surface area contributed by atoms with Crippen LogP contribution in [0.5, 0.6) is 0 Å². The largest absolute Gasteiger partial charge is 0.323 e. The number of carbonyl (C=O) groups excluding carboxylic acids is 1. The van der Waals surface area contributed by atoms with Gasteiger partial charge < -0.3 is 5.32 Å². The molecule has 0 unspecified atom stereocenters. The molecular formula is C12H19N3O. The SMILES string of the molecule is O=C(Nc1cn[nH]c1)C1CCCCCCC1. The van der Waals surface area contributed by atoms with E-state index in [-0.39, 0.29) is 11.8 Å². The number of nitrogens with zero attached hydrogens (tertiary/aromatic N) is 1. The Balaban J connectivity index is 1.87. The molecule has 1 aliphatic carbocycles. The Kier molecular flexibility index (Phi) is 3.97. The number of aromatic nitrogens is 2. The van der Waals surface area contributed by atoms with Crippen molar-refractivity contribution < 1.29 is 4.79 Å². The van der Waals surface area contributed by atoms with E-state index in [1.54, 1.807) is 12.4 Å². The Morgan fingerprint density at radius 3 is 2.56 bits per heavy atom. The number of rotatable bonds is 2. The number of anilines is 1. The van der Waals surface area contributed by atoms with Gasteiger partial charge in [-0.1, -0.05) is 32.1 Å². The fourth-order valence-corrected chi connectivity index (χ4v) is 2.28. The highest BCUT2D eigenvalue weighted by Crippen LogP contribution is 2.23. The van der Waals surface area contributed by atoms with Crippen LogP contribution < -0.4 is 5.32 Å². The standard InChI is InChI=1S/C12H19N3O/c16-12(15-11-8-13-14-9-11)10-6-4-2-1-3-5-7-10/h8-10H,1-7H2,(H,13,14)(H,15,16). The van der Waals surface area contributed by atoms with E-state index in [9.17, 15) is 4.79 Å². The van der Waals surface area contributed by atoms with Gasteiger partial charge in [-0.2, -0.15) is 5.10 Å². The monoisotopic (exact) mass is 221 g/mol. The fourth-order valence-electron chi connectivity index (χ4n) is 2.28. The molecule has 1 aliphatic rings. The first-order chi connectivity index (χ1) is 7.86. The Labute approximate surface area is 95.8 Å². The molecule has 0 aromatic carbocycles. The van der Waals surface area contributed by atoms with Gasteiger partial charge in [0.15, 0.2) is 0 Å². The highest BCUT2D eigenvalue weighted by atomic mass is 16.1. The predicted octanol–water partition coefficient (Wildman–Crippen LogP) is 2.71. The predicted molar refractivity (Wildman–Crippen MR) is 63.0 cm³/mol. The van der Waals surface area contributed by atoms with Crippen LogP contribution in [0, 0.1) is 5.92 Å². The molecule has 88 valence electrons. The van der Waals surface area contributed by atoms with Crippen LogP contribution in [0.4, 0.5) is 5.69 Å². The second-order valence-corrected chi connectivity index (χ2v) is 4.52. The molecule has 2 N–H and O–H groups in total. The summed E-state index contributed by atoms with van der Waals surface area (Å²) >= 11 is 0. The van der Waals surface area contributed by atoms with Gasteiger partial charge in [0.25, 0.3) is 0 Å². The molecule has 1 heterocycles. The highest BCUT2D eigenvalue weighted by molar-refractivity contribution is 5.92. The third kappa shape index (κ3) is 3.08. The number of amides is 1.